The van der Waals surface area contributed by atoms with Gasteiger partial charge in [0.2, 0.25) is 11.9 Å². The summed E-state index contributed by atoms with van der Waals surface area (Å²) in [6.07, 6.45) is 0.935. The molecule has 1 aliphatic heterocycles. The first kappa shape index (κ1) is 15.2. The predicted molar refractivity (Wildman–Crippen MR) is 83.9 cm³/mol. The molecule has 112 valence electrons. The Morgan fingerprint density at radius 1 is 1.25 bits per heavy atom. The number of hydrogen-bond acceptors (Lipinski definition) is 7. The third kappa shape index (κ3) is 3.88. The van der Waals surface area contributed by atoms with Gasteiger partial charge in [-0.05, 0) is 6.42 Å². The molecule has 20 heavy (non-hydrogen) atoms. The van der Waals surface area contributed by atoms with Gasteiger partial charge in [-0.3, -0.25) is 0 Å². The van der Waals surface area contributed by atoms with Crippen LogP contribution in [0.25, 0.3) is 0 Å². The molecule has 0 radical (unpaired) electrons. The van der Waals surface area contributed by atoms with E-state index in [0.29, 0.717) is 35.0 Å². The lowest BCUT2D eigenvalue weighted by molar-refractivity contribution is 0.292. The summed E-state index contributed by atoms with van der Waals surface area (Å²) in [5, 5.41) is 4.13. The Balaban J connectivity index is 2.20. The average molecular weight is 297 g/mol. The molecule has 0 aliphatic carbocycles. The fourth-order valence-electron chi connectivity index (χ4n) is 2.20. The van der Waals surface area contributed by atoms with E-state index in [1.807, 2.05) is 11.8 Å². The quantitative estimate of drug-likeness (QED) is 0.892. The number of hydrogen-bond donors (Lipinski definition) is 1. The summed E-state index contributed by atoms with van der Waals surface area (Å²) in [6.45, 7) is 9.07. The molecule has 2 heterocycles. The first-order valence-corrected chi connectivity index (χ1v) is 8.03. The summed E-state index contributed by atoms with van der Waals surface area (Å²) in [7, 11) is 1.81. The normalized spacial score (nSPS) is 22.7. The van der Waals surface area contributed by atoms with Crippen LogP contribution in [0.4, 0.5) is 11.9 Å². The summed E-state index contributed by atoms with van der Waals surface area (Å²) in [5.41, 5.74) is 0. The minimum Gasteiger partial charge on any atom is -0.463 e. The Kier molecular flexibility index (Phi) is 5.28. The van der Waals surface area contributed by atoms with E-state index in [4.69, 9.17) is 4.74 Å². The van der Waals surface area contributed by atoms with Crippen LogP contribution < -0.4 is 15.0 Å². The van der Waals surface area contributed by atoms with E-state index in [0.717, 1.165) is 19.5 Å². The van der Waals surface area contributed by atoms with Gasteiger partial charge in [-0.25, -0.2) is 0 Å². The van der Waals surface area contributed by atoms with Gasteiger partial charge in [0.25, 0.3) is 0 Å². The maximum atomic E-state index is 5.55. The summed E-state index contributed by atoms with van der Waals surface area (Å²) in [4.78, 5) is 15.3. The summed E-state index contributed by atoms with van der Waals surface area (Å²) in [6, 6.07) is 0.403. The van der Waals surface area contributed by atoms with E-state index in [9.17, 15) is 0 Å². The van der Waals surface area contributed by atoms with Crippen LogP contribution >= 0.6 is 11.8 Å². The molecule has 2 rings (SSSR count). The topological polar surface area (TPSA) is 63.2 Å². The predicted octanol–water partition coefficient (Wildman–Crippen LogP) is 2.03. The molecule has 0 aromatic carbocycles. The van der Waals surface area contributed by atoms with Gasteiger partial charge in [-0.1, -0.05) is 20.8 Å². The standard InChI is InChI=1S/C13H23N5OS/c1-5-6-19-13-16-11(14-4)15-12(17-13)18-7-9(2)20-10(3)8-18/h9-10H,5-8H2,1-4H3,(H,14,15,16,17). The largest absolute Gasteiger partial charge is 0.463 e. The third-order valence-corrected chi connectivity index (χ3v) is 4.19. The Morgan fingerprint density at radius 2 is 1.95 bits per heavy atom. The second kappa shape index (κ2) is 6.97. The molecule has 1 aromatic heterocycles. The van der Waals surface area contributed by atoms with Crippen LogP contribution in [0.2, 0.25) is 0 Å². The summed E-state index contributed by atoms with van der Waals surface area (Å²) >= 11 is 2.01. The zero-order valence-corrected chi connectivity index (χ0v) is 13.4. The SMILES string of the molecule is CCCOc1nc(NC)nc(N2CC(C)SC(C)C2)n1. The molecule has 1 saturated heterocycles. The van der Waals surface area contributed by atoms with Gasteiger partial charge in [-0.2, -0.15) is 26.7 Å². The summed E-state index contributed by atoms with van der Waals surface area (Å²) in [5.74, 6) is 1.26. The van der Waals surface area contributed by atoms with Crippen molar-refractivity contribution in [2.45, 2.75) is 37.7 Å². The number of nitrogens with one attached hydrogen (secondary N) is 1. The molecule has 2 atom stereocenters. The maximum absolute atomic E-state index is 5.55. The zero-order valence-electron chi connectivity index (χ0n) is 12.6. The highest BCUT2D eigenvalue weighted by Gasteiger charge is 2.25. The van der Waals surface area contributed by atoms with Crippen molar-refractivity contribution >= 4 is 23.7 Å². The molecule has 1 aliphatic rings. The first-order chi connectivity index (χ1) is 9.62. The molecule has 1 aromatic rings. The van der Waals surface area contributed by atoms with Crippen LogP contribution in [-0.4, -0.2) is 52.2 Å². The van der Waals surface area contributed by atoms with Gasteiger partial charge in [0.05, 0.1) is 6.61 Å². The molecule has 0 saturated carbocycles. The van der Waals surface area contributed by atoms with Crippen LogP contribution in [0.15, 0.2) is 0 Å². The van der Waals surface area contributed by atoms with Crippen LogP contribution in [0.1, 0.15) is 27.2 Å². The van der Waals surface area contributed by atoms with E-state index in [1.54, 1.807) is 7.05 Å². The Bertz CT molecular complexity index is 435. The third-order valence-electron chi connectivity index (χ3n) is 2.96. The highest BCUT2D eigenvalue weighted by Crippen LogP contribution is 2.27. The van der Waals surface area contributed by atoms with Crippen LogP contribution in [0.3, 0.4) is 0 Å². The van der Waals surface area contributed by atoms with Crippen LogP contribution in [0.5, 0.6) is 6.01 Å². The van der Waals surface area contributed by atoms with E-state index < -0.39 is 0 Å². The molecular weight excluding hydrogens is 274 g/mol. The van der Waals surface area contributed by atoms with Crippen LogP contribution in [-0.2, 0) is 0 Å². The number of ether oxygens (including phenoxy) is 1. The molecular formula is C13H23N5OS. The van der Waals surface area contributed by atoms with E-state index in [2.05, 4.69) is 45.9 Å². The van der Waals surface area contributed by atoms with Crippen molar-refractivity contribution in [2.24, 2.45) is 0 Å². The monoisotopic (exact) mass is 297 g/mol. The Morgan fingerprint density at radius 3 is 2.55 bits per heavy atom. The maximum Gasteiger partial charge on any atom is 0.323 e. The lowest BCUT2D eigenvalue weighted by Gasteiger charge is -2.34. The minimum atomic E-state index is 0.403. The first-order valence-electron chi connectivity index (χ1n) is 7.09. The van der Waals surface area contributed by atoms with Gasteiger partial charge < -0.3 is 15.0 Å². The van der Waals surface area contributed by atoms with Crippen LogP contribution in [0, 0.1) is 0 Å². The fraction of sp³-hybridized carbons (Fsp3) is 0.769. The molecule has 2 unspecified atom stereocenters. The van der Waals surface area contributed by atoms with Crippen molar-refractivity contribution in [3.63, 3.8) is 0 Å². The zero-order chi connectivity index (χ0) is 14.5. The lowest BCUT2D eigenvalue weighted by Crippen LogP contribution is -2.41. The van der Waals surface area contributed by atoms with E-state index in [-0.39, 0.29) is 0 Å². The smallest absolute Gasteiger partial charge is 0.323 e. The van der Waals surface area contributed by atoms with Gasteiger partial charge in [0, 0.05) is 30.6 Å². The van der Waals surface area contributed by atoms with Gasteiger partial charge >= 0.3 is 6.01 Å². The van der Waals surface area contributed by atoms with Crippen molar-refractivity contribution in [3.8, 4) is 6.01 Å². The molecule has 0 spiro atoms. The Hall–Kier alpha value is -1.24. The molecule has 7 heteroatoms. The van der Waals surface area contributed by atoms with Gasteiger partial charge in [0.1, 0.15) is 0 Å². The molecule has 1 N–H and O–H groups in total. The Labute approximate surface area is 124 Å². The molecule has 6 nitrogen and oxygen atoms in total. The van der Waals surface area contributed by atoms with Crippen molar-refractivity contribution in [1.29, 1.82) is 0 Å². The number of anilines is 2. The number of aromatic nitrogens is 3. The van der Waals surface area contributed by atoms with Crippen molar-refractivity contribution in [1.82, 2.24) is 15.0 Å². The molecule has 0 bridgehead atoms. The second-order valence-corrected chi connectivity index (χ2v) is 6.88. The number of thioether (sulfide) groups is 1. The fourth-order valence-corrected chi connectivity index (χ4v) is 3.52. The van der Waals surface area contributed by atoms with E-state index in [1.165, 1.54) is 0 Å². The van der Waals surface area contributed by atoms with Crippen molar-refractivity contribution < 1.29 is 4.74 Å². The van der Waals surface area contributed by atoms with Gasteiger partial charge in [0.15, 0.2) is 0 Å². The number of rotatable bonds is 5. The minimum absolute atomic E-state index is 0.403. The van der Waals surface area contributed by atoms with Crippen molar-refractivity contribution in [2.75, 3.05) is 37.0 Å². The second-order valence-electron chi connectivity index (χ2n) is 5.00. The molecule has 0 amide bonds. The molecule has 1 fully saturated rings. The highest BCUT2D eigenvalue weighted by atomic mass is 32.2. The average Bonchev–Trinajstić information content (AvgIpc) is 2.43. The van der Waals surface area contributed by atoms with E-state index >= 15 is 0 Å². The van der Waals surface area contributed by atoms with Gasteiger partial charge in [-0.15, -0.1) is 0 Å². The lowest BCUT2D eigenvalue weighted by atomic mass is 10.3. The highest BCUT2D eigenvalue weighted by molar-refractivity contribution is 8.00. The summed E-state index contributed by atoms with van der Waals surface area (Å²) < 4.78 is 5.55. The number of nitrogens with zero attached hydrogens (tertiary/aromatic N) is 4. The van der Waals surface area contributed by atoms with Crippen molar-refractivity contribution in [3.05, 3.63) is 0 Å².